The Morgan fingerprint density at radius 3 is 2.58 bits per heavy atom. The second kappa shape index (κ2) is 7.70. The summed E-state index contributed by atoms with van der Waals surface area (Å²) in [6, 6.07) is 12.8. The van der Waals surface area contributed by atoms with Gasteiger partial charge in [0, 0.05) is 10.5 Å². The smallest absolute Gasteiger partial charge is 0.325 e. The average Bonchev–Trinajstić information content (AvgIpc) is 2.69. The zero-order valence-corrected chi connectivity index (χ0v) is 15.5. The predicted octanol–water partition coefficient (Wildman–Crippen LogP) is 3.06. The maximum Gasteiger partial charge on any atom is 0.325 e. The van der Waals surface area contributed by atoms with Gasteiger partial charge >= 0.3 is 5.97 Å². The van der Waals surface area contributed by atoms with Crippen LogP contribution < -0.4 is 14.4 Å². The lowest BCUT2D eigenvalue weighted by atomic mass is 10.1. The summed E-state index contributed by atoms with van der Waals surface area (Å²) < 4.78 is 15.5. The van der Waals surface area contributed by atoms with Crippen LogP contribution >= 0.6 is 11.8 Å². The van der Waals surface area contributed by atoms with Crippen molar-refractivity contribution in [2.75, 3.05) is 32.8 Å². The second-order valence-electron chi connectivity index (χ2n) is 5.57. The van der Waals surface area contributed by atoms with Crippen molar-refractivity contribution >= 4 is 29.3 Å². The van der Waals surface area contributed by atoms with Crippen LogP contribution in [0.1, 0.15) is 10.8 Å². The topological polar surface area (TPSA) is 65.1 Å². The molecule has 1 aliphatic heterocycles. The Morgan fingerprint density at radius 1 is 1.12 bits per heavy atom. The van der Waals surface area contributed by atoms with E-state index in [0.29, 0.717) is 22.7 Å². The van der Waals surface area contributed by atoms with E-state index in [4.69, 9.17) is 14.2 Å². The van der Waals surface area contributed by atoms with Gasteiger partial charge in [0.05, 0.1) is 27.0 Å². The number of carbonyl (C=O) groups excluding carboxylic acids is 2. The fourth-order valence-corrected chi connectivity index (χ4v) is 4.06. The number of esters is 1. The molecule has 0 aliphatic carbocycles. The van der Waals surface area contributed by atoms with Gasteiger partial charge in [-0.3, -0.25) is 14.5 Å². The largest absolute Gasteiger partial charge is 0.497 e. The molecule has 0 aromatic heterocycles. The Balaban J connectivity index is 2.07. The maximum atomic E-state index is 13.2. The number of hydrogen-bond acceptors (Lipinski definition) is 6. The lowest BCUT2D eigenvalue weighted by Gasteiger charge is -2.33. The summed E-state index contributed by atoms with van der Waals surface area (Å²) in [4.78, 5) is 27.4. The Kier molecular flexibility index (Phi) is 5.37. The van der Waals surface area contributed by atoms with Crippen molar-refractivity contribution in [3.63, 3.8) is 0 Å². The summed E-state index contributed by atoms with van der Waals surface area (Å²) in [5.74, 6) is 0.545. The molecule has 136 valence electrons. The Morgan fingerprint density at radius 2 is 1.88 bits per heavy atom. The molecule has 1 unspecified atom stereocenters. The fraction of sp³-hybridized carbons (Fsp3) is 0.263. The number of methoxy groups -OCH3 is 3. The van der Waals surface area contributed by atoms with E-state index >= 15 is 0 Å². The lowest BCUT2D eigenvalue weighted by molar-refractivity contribution is -0.140. The van der Waals surface area contributed by atoms with Gasteiger partial charge in [-0.15, -0.1) is 11.8 Å². The van der Waals surface area contributed by atoms with Gasteiger partial charge in [-0.25, -0.2) is 0 Å². The Hall–Kier alpha value is -2.67. The number of thioether (sulfide) groups is 1. The molecule has 0 saturated carbocycles. The molecule has 1 amide bonds. The number of ether oxygens (including phenoxy) is 3. The van der Waals surface area contributed by atoms with Gasteiger partial charge in [0.1, 0.15) is 23.3 Å². The van der Waals surface area contributed by atoms with Crippen molar-refractivity contribution in [3.8, 4) is 11.5 Å². The molecule has 0 saturated heterocycles. The third-order valence-corrected chi connectivity index (χ3v) is 5.42. The molecule has 0 fully saturated rings. The van der Waals surface area contributed by atoms with Crippen LogP contribution in [0.4, 0.5) is 5.69 Å². The van der Waals surface area contributed by atoms with E-state index in [2.05, 4.69) is 0 Å². The number of fused-ring (bicyclic) bond motifs is 1. The van der Waals surface area contributed by atoms with Crippen molar-refractivity contribution in [1.29, 1.82) is 0 Å². The third kappa shape index (κ3) is 3.35. The number of benzene rings is 2. The molecule has 2 aromatic rings. The quantitative estimate of drug-likeness (QED) is 0.751. The van der Waals surface area contributed by atoms with Gasteiger partial charge in [0.15, 0.2) is 0 Å². The SMILES string of the molecule is COC(=O)CN1C(=O)C(c2cc(OC)ccc2OC)Sc2ccccc21. The number of para-hydroxylation sites is 1. The minimum Gasteiger partial charge on any atom is -0.497 e. The molecular weight excluding hydrogens is 354 g/mol. The second-order valence-corrected chi connectivity index (χ2v) is 6.72. The monoisotopic (exact) mass is 373 g/mol. The van der Waals surface area contributed by atoms with Crippen molar-refractivity contribution in [3.05, 3.63) is 48.0 Å². The van der Waals surface area contributed by atoms with Crippen LogP contribution in [0.15, 0.2) is 47.4 Å². The van der Waals surface area contributed by atoms with Crippen LogP contribution in [-0.2, 0) is 14.3 Å². The van der Waals surface area contributed by atoms with Crippen LogP contribution in [0.2, 0.25) is 0 Å². The van der Waals surface area contributed by atoms with Gasteiger partial charge in [-0.1, -0.05) is 12.1 Å². The first-order chi connectivity index (χ1) is 12.6. The van der Waals surface area contributed by atoms with Gasteiger partial charge in [-0.05, 0) is 30.3 Å². The molecule has 0 N–H and O–H groups in total. The summed E-state index contributed by atoms with van der Waals surface area (Å²) in [7, 11) is 4.43. The van der Waals surface area contributed by atoms with Crippen LogP contribution in [0.25, 0.3) is 0 Å². The molecule has 1 heterocycles. The number of carbonyl (C=O) groups is 2. The van der Waals surface area contributed by atoms with Gasteiger partial charge in [0.25, 0.3) is 0 Å². The van der Waals surface area contributed by atoms with E-state index in [1.165, 1.54) is 23.8 Å². The fourth-order valence-electron chi connectivity index (χ4n) is 2.81. The van der Waals surface area contributed by atoms with Gasteiger partial charge < -0.3 is 14.2 Å². The van der Waals surface area contributed by atoms with E-state index in [9.17, 15) is 9.59 Å². The minimum atomic E-state index is -0.556. The zero-order valence-electron chi connectivity index (χ0n) is 14.7. The first-order valence-corrected chi connectivity index (χ1v) is 8.82. The highest BCUT2D eigenvalue weighted by atomic mass is 32.2. The summed E-state index contributed by atoms with van der Waals surface area (Å²) in [5.41, 5.74) is 1.40. The molecule has 7 heteroatoms. The summed E-state index contributed by atoms with van der Waals surface area (Å²) in [6.07, 6.45) is 0. The Bertz CT molecular complexity index is 838. The lowest BCUT2D eigenvalue weighted by Crippen LogP contribution is -2.41. The number of nitrogens with zero attached hydrogens (tertiary/aromatic N) is 1. The molecular formula is C19H19NO5S. The Labute approximate surface area is 156 Å². The van der Waals surface area contributed by atoms with Gasteiger partial charge in [0.2, 0.25) is 5.91 Å². The van der Waals surface area contributed by atoms with Crippen LogP contribution in [0, 0.1) is 0 Å². The zero-order chi connectivity index (χ0) is 18.7. The third-order valence-electron chi connectivity index (χ3n) is 4.13. The minimum absolute atomic E-state index is 0.143. The van der Waals surface area contributed by atoms with E-state index in [1.807, 2.05) is 24.3 Å². The normalized spacial score (nSPS) is 16.0. The number of amides is 1. The van der Waals surface area contributed by atoms with E-state index in [-0.39, 0.29) is 12.5 Å². The first kappa shape index (κ1) is 18.1. The molecule has 0 radical (unpaired) electrons. The first-order valence-electron chi connectivity index (χ1n) is 7.94. The van der Waals surface area contributed by atoms with Crippen LogP contribution in [-0.4, -0.2) is 39.8 Å². The summed E-state index contributed by atoms with van der Waals surface area (Å²) in [5, 5.41) is -0.556. The van der Waals surface area contributed by atoms with Crippen molar-refractivity contribution in [1.82, 2.24) is 0 Å². The molecule has 1 aliphatic rings. The van der Waals surface area contributed by atoms with E-state index in [0.717, 1.165) is 4.90 Å². The van der Waals surface area contributed by atoms with Crippen molar-refractivity contribution in [2.24, 2.45) is 0 Å². The molecule has 26 heavy (non-hydrogen) atoms. The number of rotatable bonds is 5. The molecule has 6 nitrogen and oxygen atoms in total. The maximum absolute atomic E-state index is 13.2. The number of anilines is 1. The van der Waals surface area contributed by atoms with Crippen LogP contribution in [0.3, 0.4) is 0 Å². The highest BCUT2D eigenvalue weighted by molar-refractivity contribution is 8.00. The number of hydrogen-bond donors (Lipinski definition) is 0. The van der Waals surface area contributed by atoms with E-state index in [1.54, 1.807) is 32.4 Å². The molecule has 3 rings (SSSR count). The molecule has 2 aromatic carbocycles. The average molecular weight is 373 g/mol. The summed E-state index contributed by atoms with van der Waals surface area (Å²) >= 11 is 1.43. The highest BCUT2D eigenvalue weighted by Crippen LogP contribution is 2.49. The van der Waals surface area contributed by atoms with E-state index < -0.39 is 11.2 Å². The standard InChI is InChI=1S/C19H19NO5S/c1-23-12-8-9-15(24-2)13(10-12)18-19(22)20(11-17(21)25-3)14-6-4-5-7-16(14)26-18/h4-10,18H,11H2,1-3H3. The van der Waals surface area contributed by atoms with Crippen LogP contribution in [0.5, 0.6) is 11.5 Å². The molecule has 1 atom stereocenters. The summed E-state index contributed by atoms with van der Waals surface area (Å²) in [6.45, 7) is -0.143. The van der Waals surface area contributed by atoms with Gasteiger partial charge in [-0.2, -0.15) is 0 Å². The van der Waals surface area contributed by atoms with Crippen molar-refractivity contribution < 1.29 is 23.8 Å². The highest BCUT2D eigenvalue weighted by Gasteiger charge is 2.37. The predicted molar refractivity (Wildman–Crippen MR) is 99.0 cm³/mol. The molecule has 0 spiro atoms. The molecule has 0 bridgehead atoms. The van der Waals surface area contributed by atoms with Crippen molar-refractivity contribution in [2.45, 2.75) is 10.1 Å².